The number of benzene rings is 1. The molecule has 1 fully saturated rings. The van der Waals surface area contributed by atoms with Crippen LogP contribution in [0.5, 0.6) is 0 Å². The van der Waals surface area contributed by atoms with Crippen LogP contribution in [0.1, 0.15) is 45.3 Å². The molecule has 6 nitrogen and oxygen atoms in total. The van der Waals surface area contributed by atoms with Crippen molar-refractivity contribution < 1.29 is 9.21 Å². The van der Waals surface area contributed by atoms with Crippen molar-refractivity contribution in [3.8, 4) is 0 Å². The van der Waals surface area contributed by atoms with Crippen LogP contribution in [-0.4, -0.2) is 49.5 Å². The molecule has 0 bridgehead atoms. The molecule has 1 saturated heterocycles. The number of piperidine rings is 1. The standard InChI is InChI=1S/C23H34N4O2/c1-4-17(5-2)22(28)27-14-11-19(12-15-27)26-23(24-3)25-13-10-20-16-18-8-6-7-9-21(18)29-20/h6-9,16-17,19H,4-5,10-15H2,1-3H3,(H2,24,25,26). The number of hydrogen-bond acceptors (Lipinski definition) is 3. The van der Waals surface area contributed by atoms with Crippen molar-refractivity contribution in [3.63, 3.8) is 0 Å². The Morgan fingerprint density at radius 2 is 1.97 bits per heavy atom. The number of hydrogen-bond donors (Lipinski definition) is 2. The SMILES string of the molecule is CCC(CC)C(=O)N1CCC(NC(=NC)NCCc2cc3ccccc3o2)CC1. The molecule has 1 aliphatic rings. The normalized spacial score (nSPS) is 15.9. The Kier molecular flexibility index (Phi) is 7.55. The first kappa shape index (κ1) is 21.2. The number of guanidine groups is 1. The van der Waals surface area contributed by atoms with E-state index in [0.717, 1.165) is 74.4 Å². The molecule has 0 aliphatic carbocycles. The maximum absolute atomic E-state index is 12.5. The molecule has 158 valence electrons. The fourth-order valence-corrected chi connectivity index (χ4v) is 3.99. The Morgan fingerprint density at radius 3 is 2.62 bits per heavy atom. The predicted molar refractivity (Wildman–Crippen MR) is 118 cm³/mol. The molecule has 1 aromatic heterocycles. The monoisotopic (exact) mass is 398 g/mol. The van der Waals surface area contributed by atoms with Gasteiger partial charge < -0.3 is 20.0 Å². The fraction of sp³-hybridized carbons (Fsp3) is 0.565. The molecule has 2 N–H and O–H groups in total. The number of carbonyl (C=O) groups excluding carboxylic acids is 1. The maximum atomic E-state index is 12.5. The highest BCUT2D eigenvalue weighted by atomic mass is 16.3. The topological polar surface area (TPSA) is 69.9 Å². The molecule has 0 atom stereocenters. The molecule has 0 unspecified atom stereocenters. The lowest BCUT2D eigenvalue weighted by molar-refractivity contribution is -0.136. The zero-order chi connectivity index (χ0) is 20.6. The van der Waals surface area contributed by atoms with Gasteiger partial charge >= 0.3 is 0 Å². The van der Waals surface area contributed by atoms with Gasteiger partial charge in [-0.05, 0) is 37.8 Å². The van der Waals surface area contributed by atoms with E-state index in [1.807, 2.05) is 23.1 Å². The Labute approximate surface area is 173 Å². The molecule has 1 aromatic carbocycles. The van der Waals surface area contributed by atoms with Crippen molar-refractivity contribution >= 4 is 22.8 Å². The average Bonchev–Trinajstić information content (AvgIpc) is 3.17. The third kappa shape index (κ3) is 5.52. The minimum atomic E-state index is 0.173. The van der Waals surface area contributed by atoms with Crippen LogP contribution in [0.4, 0.5) is 0 Å². The summed E-state index contributed by atoms with van der Waals surface area (Å²) in [5.41, 5.74) is 0.930. The van der Waals surface area contributed by atoms with E-state index < -0.39 is 0 Å². The summed E-state index contributed by atoms with van der Waals surface area (Å²) in [6, 6.07) is 10.5. The summed E-state index contributed by atoms with van der Waals surface area (Å²) >= 11 is 0. The van der Waals surface area contributed by atoms with E-state index in [0.29, 0.717) is 11.9 Å². The largest absolute Gasteiger partial charge is 0.461 e. The molecule has 0 saturated carbocycles. The summed E-state index contributed by atoms with van der Waals surface area (Å²) < 4.78 is 5.87. The van der Waals surface area contributed by atoms with Crippen LogP contribution in [0, 0.1) is 5.92 Å². The van der Waals surface area contributed by atoms with Gasteiger partial charge in [-0.15, -0.1) is 0 Å². The van der Waals surface area contributed by atoms with Gasteiger partial charge in [0.2, 0.25) is 5.91 Å². The summed E-state index contributed by atoms with van der Waals surface area (Å²) in [5.74, 6) is 2.28. The second-order valence-electron chi connectivity index (χ2n) is 7.76. The highest BCUT2D eigenvalue weighted by Gasteiger charge is 2.26. The van der Waals surface area contributed by atoms with Crippen molar-refractivity contribution in [3.05, 3.63) is 36.1 Å². The number of aliphatic imine (C=N–C) groups is 1. The van der Waals surface area contributed by atoms with Gasteiger partial charge in [0.05, 0.1) is 0 Å². The third-order valence-corrected chi connectivity index (χ3v) is 5.85. The predicted octanol–water partition coefficient (Wildman–Crippen LogP) is 3.57. The van der Waals surface area contributed by atoms with Crippen molar-refractivity contribution in [2.24, 2.45) is 10.9 Å². The van der Waals surface area contributed by atoms with Crippen molar-refractivity contribution in [1.82, 2.24) is 15.5 Å². The van der Waals surface area contributed by atoms with E-state index in [1.54, 1.807) is 7.05 Å². The van der Waals surface area contributed by atoms with Crippen LogP contribution in [-0.2, 0) is 11.2 Å². The molecule has 1 aliphatic heterocycles. The van der Waals surface area contributed by atoms with Gasteiger partial charge in [0, 0.05) is 50.4 Å². The molecule has 3 rings (SSSR count). The highest BCUT2D eigenvalue weighted by molar-refractivity contribution is 5.81. The van der Waals surface area contributed by atoms with E-state index in [4.69, 9.17) is 4.42 Å². The summed E-state index contributed by atoms with van der Waals surface area (Å²) in [6.07, 6.45) is 4.56. The lowest BCUT2D eigenvalue weighted by Gasteiger charge is -2.34. The quantitative estimate of drug-likeness (QED) is 0.553. The number of para-hydroxylation sites is 1. The lowest BCUT2D eigenvalue weighted by atomic mass is 9.98. The van der Waals surface area contributed by atoms with Gasteiger partial charge in [0.1, 0.15) is 11.3 Å². The highest BCUT2D eigenvalue weighted by Crippen LogP contribution is 2.19. The van der Waals surface area contributed by atoms with E-state index in [9.17, 15) is 4.79 Å². The number of amides is 1. The number of nitrogens with one attached hydrogen (secondary N) is 2. The Morgan fingerprint density at radius 1 is 1.24 bits per heavy atom. The van der Waals surface area contributed by atoms with Crippen molar-refractivity contribution in [1.29, 1.82) is 0 Å². The summed E-state index contributed by atoms with van der Waals surface area (Å²) in [6.45, 7) is 6.60. The number of fused-ring (bicyclic) bond motifs is 1. The minimum absolute atomic E-state index is 0.173. The first-order valence-corrected chi connectivity index (χ1v) is 10.9. The summed E-state index contributed by atoms with van der Waals surface area (Å²) in [4.78, 5) is 18.9. The lowest BCUT2D eigenvalue weighted by Crippen LogP contribution is -2.50. The van der Waals surface area contributed by atoms with Gasteiger partial charge in [0.25, 0.3) is 0 Å². The summed E-state index contributed by atoms with van der Waals surface area (Å²) in [7, 11) is 1.79. The van der Waals surface area contributed by atoms with Gasteiger partial charge in [0.15, 0.2) is 5.96 Å². The smallest absolute Gasteiger partial charge is 0.225 e. The minimum Gasteiger partial charge on any atom is -0.461 e. The Bertz CT molecular complexity index is 784. The maximum Gasteiger partial charge on any atom is 0.225 e. The van der Waals surface area contributed by atoms with Crippen LogP contribution in [0.25, 0.3) is 11.0 Å². The first-order chi connectivity index (χ1) is 14.1. The summed E-state index contributed by atoms with van der Waals surface area (Å²) in [5, 5.41) is 8.02. The average molecular weight is 399 g/mol. The van der Waals surface area contributed by atoms with E-state index in [-0.39, 0.29) is 5.92 Å². The third-order valence-electron chi connectivity index (χ3n) is 5.85. The zero-order valence-corrected chi connectivity index (χ0v) is 17.9. The van der Waals surface area contributed by atoms with Crippen LogP contribution in [0.2, 0.25) is 0 Å². The van der Waals surface area contributed by atoms with Crippen LogP contribution in [0.3, 0.4) is 0 Å². The fourth-order valence-electron chi connectivity index (χ4n) is 3.99. The number of nitrogens with zero attached hydrogens (tertiary/aromatic N) is 2. The molecule has 2 heterocycles. The number of furan rings is 1. The second kappa shape index (κ2) is 10.3. The van der Waals surface area contributed by atoms with E-state index in [1.165, 1.54) is 0 Å². The molecule has 1 amide bonds. The number of likely N-dealkylation sites (tertiary alicyclic amines) is 1. The Hall–Kier alpha value is -2.50. The van der Waals surface area contributed by atoms with Crippen LogP contribution >= 0.6 is 0 Å². The van der Waals surface area contributed by atoms with Crippen molar-refractivity contribution in [2.75, 3.05) is 26.7 Å². The number of rotatable bonds is 7. The van der Waals surface area contributed by atoms with E-state index >= 15 is 0 Å². The van der Waals surface area contributed by atoms with Gasteiger partial charge in [-0.1, -0.05) is 32.0 Å². The molecular weight excluding hydrogens is 364 g/mol. The van der Waals surface area contributed by atoms with Crippen LogP contribution < -0.4 is 10.6 Å². The number of carbonyl (C=O) groups is 1. The second-order valence-corrected chi connectivity index (χ2v) is 7.76. The van der Waals surface area contributed by atoms with E-state index in [2.05, 4.69) is 41.6 Å². The molecule has 0 radical (unpaired) electrons. The zero-order valence-electron chi connectivity index (χ0n) is 17.9. The molecule has 6 heteroatoms. The first-order valence-electron chi connectivity index (χ1n) is 10.9. The Balaban J connectivity index is 1.42. The molecular formula is C23H34N4O2. The molecule has 29 heavy (non-hydrogen) atoms. The van der Waals surface area contributed by atoms with Crippen LogP contribution in [0.15, 0.2) is 39.7 Å². The molecule has 2 aromatic rings. The van der Waals surface area contributed by atoms with Gasteiger partial charge in [-0.3, -0.25) is 9.79 Å². The van der Waals surface area contributed by atoms with Gasteiger partial charge in [-0.2, -0.15) is 0 Å². The van der Waals surface area contributed by atoms with Gasteiger partial charge in [-0.25, -0.2) is 0 Å². The molecule has 0 spiro atoms. The van der Waals surface area contributed by atoms with Crippen molar-refractivity contribution in [2.45, 2.75) is 52.0 Å².